The highest BCUT2D eigenvalue weighted by Gasteiger charge is 2.48. The number of ether oxygens (including phenoxy) is 1. The van der Waals surface area contributed by atoms with E-state index in [1.165, 1.54) is 18.5 Å². The molecule has 0 aromatic carbocycles. The third-order valence-electron chi connectivity index (χ3n) is 2.93. The molecule has 0 aliphatic heterocycles. The lowest BCUT2D eigenvalue weighted by Crippen LogP contribution is -2.04. The van der Waals surface area contributed by atoms with Crippen molar-refractivity contribution in [1.82, 2.24) is 4.98 Å². The Kier molecular flexibility index (Phi) is 2.54. The van der Waals surface area contributed by atoms with E-state index < -0.39 is 0 Å². The van der Waals surface area contributed by atoms with Crippen LogP contribution in [0.3, 0.4) is 0 Å². The zero-order valence-corrected chi connectivity index (χ0v) is 10.1. The zero-order chi connectivity index (χ0) is 11.1. The molecule has 0 bridgehead atoms. The van der Waals surface area contributed by atoms with Crippen LogP contribution in [0.25, 0.3) is 0 Å². The van der Waals surface area contributed by atoms with E-state index in [1.54, 1.807) is 11.3 Å². The van der Waals surface area contributed by atoms with Crippen molar-refractivity contribution in [2.45, 2.75) is 32.6 Å². The minimum Gasteiger partial charge on any atom is -0.469 e. The number of hydrogen-bond acceptors (Lipinski definition) is 4. The van der Waals surface area contributed by atoms with Crippen LogP contribution in [0.4, 0.5) is 0 Å². The van der Waals surface area contributed by atoms with E-state index in [9.17, 15) is 4.79 Å². The summed E-state index contributed by atoms with van der Waals surface area (Å²) in [6.45, 7) is 4.50. The maximum Gasteiger partial charge on any atom is 0.311 e. The van der Waals surface area contributed by atoms with Crippen LogP contribution < -0.4 is 0 Å². The van der Waals surface area contributed by atoms with Gasteiger partial charge in [-0.15, -0.1) is 11.3 Å². The summed E-state index contributed by atoms with van der Waals surface area (Å²) >= 11 is 1.66. The Balaban J connectivity index is 2.02. The smallest absolute Gasteiger partial charge is 0.311 e. The van der Waals surface area contributed by atoms with Gasteiger partial charge in [-0.25, -0.2) is 4.98 Å². The summed E-state index contributed by atoms with van der Waals surface area (Å²) in [5.74, 6) is 0.371. The van der Waals surface area contributed by atoms with Crippen LogP contribution in [0.5, 0.6) is 0 Å². The molecule has 0 radical (unpaired) electrons. The van der Waals surface area contributed by atoms with Gasteiger partial charge in [0.15, 0.2) is 0 Å². The average Bonchev–Trinajstić information content (AvgIpc) is 2.63. The van der Waals surface area contributed by atoms with Crippen LogP contribution in [0.2, 0.25) is 0 Å². The van der Waals surface area contributed by atoms with Gasteiger partial charge in [0.2, 0.25) is 0 Å². The van der Waals surface area contributed by atoms with E-state index in [0.717, 1.165) is 5.69 Å². The number of methoxy groups -OCH3 is 1. The van der Waals surface area contributed by atoms with Gasteiger partial charge in [-0.2, -0.15) is 0 Å². The van der Waals surface area contributed by atoms with E-state index in [0.29, 0.717) is 17.8 Å². The number of carbonyl (C=O) groups excluding carboxylic acids is 1. The van der Waals surface area contributed by atoms with Crippen molar-refractivity contribution in [2.75, 3.05) is 7.11 Å². The highest BCUT2D eigenvalue weighted by atomic mass is 32.1. The predicted octanol–water partition coefficient (Wildman–Crippen LogP) is 2.37. The topological polar surface area (TPSA) is 39.2 Å². The molecule has 1 saturated carbocycles. The second kappa shape index (κ2) is 3.59. The largest absolute Gasteiger partial charge is 0.469 e. The van der Waals surface area contributed by atoms with Gasteiger partial charge in [-0.1, -0.05) is 13.8 Å². The normalized spacial score (nSPS) is 22.5. The number of esters is 1. The molecule has 0 N–H and O–H groups in total. The molecule has 0 spiro atoms. The van der Waals surface area contributed by atoms with Crippen molar-refractivity contribution in [3.05, 3.63) is 16.1 Å². The minimum atomic E-state index is -0.220. The molecule has 1 aliphatic rings. The van der Waals surface area contributed by atoms with Crippen LogP contribution in [0.1, 0.15) is 36.9 Å². The van der Waals surface area contributed by atoms with Gasteiger partial charge in [-0.3, -0.25) is 4.79 Å². The van der Waals surface area contributed by atoms with Crippen LogP contribution in [-0.4, -0.2) is 18.1 Å². The monoisotopic (exact) mass is 225 g/mol. The summed E-state index contributed by atoms with van der Waals surface area (Å²) in [6.07, 6.45) is 1.50. The first-order valence-electron chi connectivity index (χ1n) is 5.04. The first-order chi connectivity index (χ1) is 7.03. The molecule has 1 aromatic rings. The van der Waals surface area contributed by atoms with Gasteiger partial charge >= 0.3 is 5.97 Å². The maximum atomic E-state index is 11.0. The number of hydrogen-bond donors (Lipinski definition) is 0. The molecule has 1 fully saturated rings. The lowest BCUT2D eigenvalue weighted by Gasteiger charge is -1.98. The number of thiazole rings is 1. The first-order valence-corrected chi connectivity index (χ1v) is 5.92. The molecule has 0 amide bonds. The summed E-state index contributed by atoms with van der Waals surface area (Å²) < 4.78 is 4.61. The molecule has 1 atom stereocenters. The zero-order valence-electron chi connectivity index (χ0n) is 9.24. The fraction of sp³-hybridized carbons (Fsp3) is 0.636. The molecular formula is C11H15NO2S. The lowest BCUT2D eigenvalue weighted by atomic mass is 10.1. The van der Waals surface area contributed by atoms with Gasteiger partial charge in [0.05, 0.1) is 24.2 Å². The van der Waals surface area contributed by atoms with E-state index in [-0.39, 0.29) is 5.97 Å². The molecule has 1 aromatic heterocycles. The second-order valence-electron chi connectivity index (χ2n) is 4.68. The van der Waals surface area contributed by atoms with Crippen molar-refractivity contribution in [3.8, 4) is 0 Å². The molecule has 3 nitrogen and oxygen atoms in total. The molecule has 1 aliphatic carbocycles. The number of rotatable bonds is 3. The summed E-state index contributed by atoms with van der Waals surface area (Å²) in [7, 11) is 1.40. The standard InChI is InChI=1S/C11H15NO2S/c1-11(2)5-8(11)10-12-7(6-15-10)4-9(13)14-3/h6,8H,4-5H2,1-3H3. The Morgan fingerprint density at radius 1 is 1.73 bits per heavy atom. The Hall–Kier alpha value is -0.900. The highest BCUT2D eigenvalue weighted by Crippen LogP contribution is 2.59. The quantitative estimate of drug-likeness (QED) is 0.741. The molecule has 82 valence electrons. The summed E-state index contributed by atoms with van der Waals surface area (Å²) in [5.41, 5.74) is 1.24. The van der Waals surface area contributed by atoms with Crippen LogP contribution in [0, 0.1) is 5.41 Å². The van der Waals surface area contributed by atoms with Crippen molar-refractivity contribution in [3.63, 3.8) is 0 Å². The van der Waals surface area contributed by atoms with Gasteiger partial charge in [0.1, 0.15) is 0 Å². The Morgan fingerprint density at radius 3 is 2.93 bits per heavy atom. The Labute approximate surface area is 93.5 Å². The van der Waals surface area contributed by atoms with Crippen LogP contribution in [-0.2, 0) is 16.0 Å². The van der Waals surface area contributed by atoms with Gasteiger partial charge in [-0.05, 0) is 11.8 Å². The fourth-order valence-electron chi connectivity index (χ4n) is 1.67. The third-order valence-corrected chi connectivity index (χ3v) is 3.94. The summed E-state index contributed by atoms with van der Waals surface area (Å²) in [6, 6.07) is 0. The average molecular weight is 225 g/mol. The Morgan fingerprint density at radius 2 is 2.40 bits per heavy atom. The van der Waals surface area contributed by atoms with E-state index in [1.807, 2.05) is 5.38 Å². The van der Waals surface area contributed by atoms with E-state index in [2.05, 4.69) is 23.6 Å². The fourth-order valence-corrected chi connectivity index (χ4v) is 2.80. The van der Waals surface area contributed by atoms with Gasteiger partial charge in [0, 0.05) is 11.3 Å². The third kappa shape index (κ3) is 2.20. The summed E-state index contributed by atoms with van der Waals surface area (Å²) in [5, 5.41) is 3.12. The van der Waals surface area contributed by atoms with Crippen molar-refractivity contribution >= 4 is 17.3 Å². The highest BCUT2D eigenvalue weighted by molar-refractivity contribution is 7.09. The first kappa shape index (κ1) is 10.6. The van der Waals surface area contributed by atoms with Gasteiger partial charge < -0.3 is 4.74 Å². The SMILES string of the molecule is COC(=O)Cc1csc(C2CC2(C)C)n1. The van der Waals surface area contributed by atoms with E-state index >= 15 is 0 Å². The molecule has 4 heteroatoms. The number of aromatic nitrogens is 1. The Bertz CT molecular complexity index is 384. The van der Waals surface area contributed by atoms with Crippen molar-refractivity contribution in [2.24, 2.45) is 5.41 Å². The number of nitrogens with zero attached hydrogens (tertiary/aromatic N) is 1. The molecular weight excluding hydrogens is 210 g/mol. The van der Waals surface area contributed by atoms with Crippen LogP contribution >= 0.6 is 11.3 Å². The molecule has 1 unspecified atom stereocenters. The molecule has 2 rings (SSSR count). The summed E-state index contributed by atoms with van der Waals surface area (Å²) in [4.78, 5) is 15.5. The lowest BCUT2D eigenvalue weighted by molar-refractivity contribution is -0.139. The van der Waals surface area contributed by atoms with Crippen molar-refractivity contribution in [1.29, 1.82) is 0 Å². The number of carbonyl (C=O) groups is 1. The molecule has 0 saturated heterocycles. The minimum absolute atomic E-state index is 0.220. The van der Waals surface area contributed by atoms with Crippen LogP contribution in [0.15, 0.2) is 5.38 Å². The van der Waals surface area contributed by atoms with Gasteiger partial charge in [0.25, 0.3) is 0 Å². The van der Waals surface area contributed by atoms with Crippen molar-refractivity contribution < 1.29 is 9.53 Å². The molecule has 15 heavy (non-hydrogen) atoms. The second-order valence-corrected chi connectivity index (χ2v) is 5.56. The predicted molar refractivity (Wildman–Crippen MR) is 59.0 cm³/mol. The maximum absolute atomic E-state index is 11.0. The molecule has 1 heterocycles. The van der Waals surface area contributed by atoms with E-state index in [4.69, 9.17) is 0 Å².